The molecule has 0 aromatic carbocycles. The largest absolute Gasteiger partial charge is 0.465 e. The SMILES string of the molecule is CC(c1ccc(F)nc1)N(C(=O)O)[C@H]1CCNC1. The maximum absolute atomic E-state index is 12.8. The van der Waals surface area contributed by atoms with Crippen molar-refractivity contribution in [1.29, 1.82) is 0 Å². The third-order valence-electron chi connectivity index (χ3n) is 3.30. The van der Waals surface area contributed by atoms with Crippen molar-refractivity contribution in [2.45, 2.75) is 25.4 Å². The lowest BCUT2D eigenvalue weighted by Gasteiger charge is -2.31. The van der Waals surface area contributed by atoms with Crippen molar-refractivity contribution in [3.63, 3.8) is 0 Å². The fourth-order valence-electron chi connectivity index (χ4n) is 2.31. The average molecular weight is 253 g/mol. The van der Waals surface area contributed by atoms with Crippen molar-refractivity contribution in [2.24, 2.45) is 0 Å². The molecule has 1 aromatic rings. The van der Waals surface area contributed by atoms with Gasteiger partial charge in [0, 0.05) is 18.8 Å². The first kappa shape index (κ1) is 12.8. The van der Waals surface area contributed by atoms with Gasteiger partial charge in [0.25, 0.3) is 0 Å². The van der Waals surface area contributed by atoms with Crippen LogP contribution in [0.25, 0.3) is 0 Å². The molecule has 0 bridgehead atoms. The van der Waals surface area contributed by atoms with Crippen LogP contribution >= 0.6 is 0 Å². The van der Waals surface area contributed by atoms with E-state index in [4.69, 9.17) is 0 Å². The zero-order valence-corrected chi connectivity index (χ0v) is 10.1. The summed E-state index contributed by atoms with van der Waals surface area (Å²) in [6, 6.07) is 2.45. The first-order valence-electron chi connectivity index (χ1n) is 5.93. The summed E-state index contributed by atoms with van der Waals surface area (Å²) in [7, 11) is 0. The van der Waals surface area contributed by atoms with Crippen LogP contribution in [0.5, 0.6) is 0 Å². The van der Waals surface area contributed by atoms with Crippen LogP contribution in [-0.2, 0) is 0 Å². The van der Waals surface area contributed by atoms with E-state index in [2.05, 4.69) is 10.3 Å². The summed E-state index contributed by atoms with van der Waals surface area (Å²) in [6.45, 7) is 3.27. The Hall–Kier alpha value is -1.69. The molecule has 1 saturated heterocycles. The molecular weight excluding hydrogens is 237 g/mol. The van der Waals surface area contributed by atoms with Crippen molar-refractivity contribution in [3.8, 4) is 0 Å². The molecule has 5 nitrogen and oxygen atoms in total. The number of carbonyl (C=O) groups is 1. The fraction of sp³-hybridized carbons (Fsp3) is 0.500. The van der Waals surface area contributed by atoms with Crippen molar-refractivity contribution in [2.75, 3.05) is 13.1 Å². The van der Waals surface area contributed by atoms with Crippen LogP contribution in [0.3, 0.4) is 0 Å². The van der Waals surface area contributed by atoms with Gasteiger partial charge in [-0.3, -0.25) is 4.90 Å². The molecule has 1 unspecified atom stereocenters. The molecule has 0 spiro atoms. The zero-order chi connectivity index (χ0) is 13.1. The second-order valence-electron chi connectivity index (χ2n) is 4.43. The van der Waals surface area contributed by atoms with Crippen LogP contribution in [0.4, 0.5) is 9.18 Å². The van der Waals surface area contributed by atoms with E-state index in [9.17, 15) is 14.3 Å². The number of nitrogens with zero attached hydrogens (tertiary/aromatic N) is 2. The molecule has 2 N–H and O–H groups in total. The summed E-state index contributed by atoms with van der Waals surface area (Å²) in [6.07, 6.45) is 1.23. The number of hydrogen-bond acceptors (Lipinski definition) is 3. The molecule has 0 radical (unpaired) electrons. The summed E-state index contributed by atoms with van der Waals surface area (Å²) < 4.78 is 12.8. The highest BCUT2D eigenvalue weighted by Gasteiger charge is 2.31. The Morgan fingerprint density at radius 1 is 1.67 bits per heavy atom. The average Bonchev–Trinajstić information content (AvgIpc) is 2.83. The lowest BCUT2D eigenvalue weighted by molar-refractivity contribution is 0.107. The van der Waals surface area contributed by atoms with Crippen LogP contribution in [0.1, 0.15) is 24.9 Å². The van der Waals surface area contributed by atoms with Gasteiger partial charge in [-0.05, 0) is 31.5 Å². The first-order chi connectivity index (χ1) is 8.59. The van der Waals surface area contributed by atoms with Crippen LogP contribution in [-0.4, -0.2) is 40.2 Å². The van der Waals surface area contributed by atoms with Crippen molar-refractivity contribution in [3.05, 3.63) is 29.8 Å². The van der Waals surface area contributed by atoms with E-state index >= 15 is 0 Å². The predicted octanol–water partition coefficient (Wildman–Crippen LogP) is 1.62. The third-order valence-corrected chi connectivity index (χ3v) is 3.30. The summed E-state index contributed by atoms with van der Waals surface area (Å²) in [5.74, 6) is -0.560. The molecule has 0 aliphatic carbocycles. The number of hydrogen-bond donors (Lipinski definition) is 2. The van der Waals surface area contributed by atoms with Crippen LogP contribution < -0.4 is 5.32 Å². The third kappa shape index (κ3) is 2.59. The minimum absolute atomic E-state index is 0.0393. The van der Waals surface area contributed by atoms with E-state index in [1.165, 1.54) is 17.2 Å². The van der Waals surface area contributed by atoms with Crippen LogP contribution in [0.2, 0.25) is 0 Å². The van der Waals surface area contributed by atoms with Gasteiger partial charge in [0.15, 0.2) is 0 Å². The fourth-order valence-corrected chi connectivity index (χ4v) is 2.31. The van der Waals surface area contributed by atoms with Gasteiger partial charge < -0.3 is 10.4 Å². The lowest BCUT2D eigenvalue weighted by atomic mass is 10.1. The van der Waals surface area contributed by atoms with Crippen molar-refractivity contribution < 1.29 is 14.3 Å². The molecule has 6 heteroatoms. The summed E-state index contributed by atoms with van der Waals surface area (Å²) >= 11 is 0. The number of carboxylic acid groups (broad SMARTS) is 1. The zero-order valence-electron chi connectivity index (χ0n) is 10.1. The summed E-state index contributed by atoms with van der Waals surface area (Å²) in [5.41, 5.74) is 0.700. The van der Waals surface area contributed by atoms with Gasteiger partial charge in [-0.25, -0.2) is 9.78 Å². The highest BCUT2D eigenvalue weighted by molar-refractivity contribution is 5.66. The molecular formula is C12H16FN3O2. The minimum atomic E-state index is -0.958. The molecule has 2 heterocycles. The summed E-state index contributed by atoms with van der Waals surface area (Å²) in [5, 5.41) is 12.5. The lowest BCUT2D eigenvalue weighted by Crippen LogP contribution is -2.42. The quantitative estimate of drug-likeness (QED) is 0.803. The van der Waals surface area contributed by atoms with E-state index in [1.54, 1.807) is 13.0 Å². The molecule has 1 amide bonds. The van der Waals surface area contributed by atoms with Gasteiger partial charge in [-0.15, -0.1) is 0 Å². The van der Waals surface area contributed by atoms with E-state index in [-0.39, 0.29) is 12.1 Å². The number of amides is 1. The number of halogens is 1. The Morgan fingerprint density at radius 2 is 2.44 bits per heavy atom. The second-order valence-corrected chi connectivity index (χ2v) is 4.43. The van der Waals surface area contributed by atoms with Gasteiger partial charge in [0.2, 0.25) is 5.95 Å². The molecule has 1 aliphatic rings. The van der Waals surface area contributed by atoms with E-state index in [0.717, 1.165) is 13.0 Å². The van der Waals surface area contributed by atoms with E-state index < -0.39 is 12.0 Å². The van der Waals surface area contributed by atoms with Crippen molar-refractivity contribution in [1.82, 2.24) is 15.2 Å². The molecule has 1 aromatic heterocycles. The topological polar surface area (TPSA) is 65.5 Å². The van der Waals surface area contributed by atoms with Gasteiger partial charge in [0.05, 0.1) is 6.04 Å². The maximum Gasteiger partial charge on any atom is 0.408 e. The summed E-state index contributed by atoms with van der Waals surface area (Å²) in [4.78, 5) is 16.4. The molecule has 0 saturated carbocycles. The number of nitrogens with one attached hydrogen (secondary N) is 1. The first-order valence-corrected chi connectivity index (χ1v) is 5.93. The number of pyridine rings is 1. The maximum atomic E-state index is 12.8. The standard InChI is InChI=1S/C12H16FN3O2/c1-8(9-2-3-11(13)15-6-9)16(12(17)18)10-4-5-14-7-10/h2-3,6,8,10,14H,4-5,7H2,1H3,(H,17,18)/t8?,10-/m0/s1. The predicted molar refractivity (Wildman–Crippen MR) is 63.7 cm³/mol. The Labute approximate surface area is 105 Å². The molecule has 1 fully saturated rings. The van der Waals surface area contributed by atoms with Gasteiger partial charge in [-0.2, -0.15) is 4.39 Å². The van der Waals surface area contributed by atoms with E-state index in [1.807, 2.05) is 0 Å². The Bertz CT molecular complexity index is 418. The monoisotopic (exact) mass is 253 g/mol. The van der Waals surface area contributed by atoms with Crippen LogP contribution in [0.15, 0.2) is 18.3 Å². The van der Waals surface area contributed by atoms with Gasteiger partial charge in [0.1, 0.15) is 0 Å². The molecule has 2 atom stereocenters. The molecule has 1 aliphatic heterocycles. The molecule has 18 heavy (non-hydrogen) atoms. The Balaban J connectivity index is 2.19. The second kappa shape index (κ2) is 5.30. The van der Waals surface area contributed by atoms with Crippen LogP contribution in [0, 0.1) is 5.95 Å². The number of aromatic nitrogens is 1. The molecule has 98 valence electrons. The highest BCUT2D eigenvalue weighted by Crippen LogP contribution is 2.24. The minimum Gasteiger partial charge on any atom is -0.465 e. The van der Waals surface area contributed by atoms with Gasteiger partial charge in [-0.1, -0.05) is 6.07 Å². The Morgan fingerprint density at radius 3 is 2.94 bits per heavy atom. The Kier molecular flexibility index (Phi) is 3.76. The highest BCUT2D eigenvalue weighted by atomic mass is 19.1. The number of rotatable bonds is 3. The smallest absolute Gasteiger partial charge is 0.408 e. The normalized spacial score (nSPS) is 20.7. The van der Waals surface area contributed by atoms with Crippen molar-refractivity contribution >= 4 is 6.09 Å². The van der Waals surface area contributed by atoms with Gasteiger partial charge >= 0.3 is 6.09 Å². The van der Waals surface area contributed by atoms with E-state index in [0.29, 0.717) is 12.1 Å². The molecule has 2 rings (SSSR count).